The highest BCUT2D eigenvalue weighted by Crippen LogP contribution is 2.19. The second-order valence-corrected chi connectivity index (χ2v) is 4.23. The predicted octanol–water partition coefficient (Wildman–Crippen LogP) is 2.75. The average molecular weight is 284 g/mol. The molecule has 0 aliphatic carbocycles. The van der Waals surface area contributed by atoms with Crippen molar-refractivity contribution in [1.29, 1.82) is 0 Å². The number of amides is 2. The van der Waals surface area contributed by atoms with Crippen LogP contribution in [0.2, 0.25) is 0 Å². The fourth-order valence-electron chi connectivity index (χ4n) is 1.32. The minimum Gasteiger partial charge on any atom is -0.478 e. The van der Waals surface area contributed by atoms with Gasteiger partial charge in [0.05, 0.1) is 11.3 Å². The van der Waals surface area contributed by atoms with Crippen molar-refractivity contribution in [2.45, 2.75) is 13.8 Å². The summed E-state index contributed by atoms with van der Waals surface area (Å²) < 4.78 is 26.6. The summed E-state index contributed by atoms with van der Waals surface area (Å²) in [6.45, 7) is 3.93. The summed E-state index contributed by atoms with van der Waals surface area (Å²) >= 11 is 0. The average Bonchev–Trinajstić information content (AvgIpc) is 2.31. The zero-order valence-corrected chi connectivity index (χ0v) is 11.0. The van der Waals surface area contributed by atoms with Gasteiger partial charge in [-0.3, -0.25) is 0 Å². The van der Waals surface area contributed by atoms with E-state index in [1.165, 1.54) is 0 Å². The highest BCUT2D eigenvalue weighted by Gasteiger charge is 2.16. The van der Waals surface area contributed by atoms with E-state index in [9.17, 15) is 18.4 Å². The summed E-state index contributed by atoms with van der Waals surface area (Å²) in [6.07, 6.45) is 1.74. The van der Waals surface area contributed by atoms with E-state index >= 15 is 0 Å². The van der Waals surface area contributed by atoms with Crippen LogP contribution in [-0.4, -0.2) is 23.7 Å². The van der Waals surface area contributed by atoms with Crippen LogP contribution < -0.4 is 10.6 Å². The summed E-state index contributed by atoms with van der Waals surface area (Å²) in [6, 6.07) is 0.423. The molecule has 0 fully saturated rings. The van der Waals surface area contributed by atoms with Gasteiger partial charge in [0.2, 0.25) is 0 Å². The van der Waals surface area contributed by atoms with E-state index in [1.807, 2.05) is 13.8 Å². The number of nitrogens with one attached hydrogen (secondary N) is 2. The Morgan fingerprint density at radius 1 is 1.25 bits per heavy atom. The maximum Gasteiger partial charge on any atom is 0.338 e. The zero-order valence-electron chi connectivity index (χ0n) is 11.0. The van der Waals surface area contributed by atoms with Crippen molar-refractivity contribution in [3.8, 4) is 0 Å². The Morgan fingerprint density at radius 2 is 1.90 bits per heavy atom. The van der Waals surface area contributed by atoms with Crippen LogP contribution in [0.15, 0.2) is 23.8 Å². The molecule has 0 saturated heterocycles. The molecule has 0 aliphatic heterocycles. The Kier molecular flexibility index (Phi) is 5.19. The number of rotatable bonds is 4. The lowest BCUT2D eigenvalue weighted by atomic mass is 10.2. The van der Waals surface area contributed by atoms with Crippen molar-refractivity contribution in [1.82, 2.24) is 5.32 Å². The molecule has 20 heavy (non-hydrogen) atoms. The molecule has 0 radical (unpaired) electrons. The Labute approximate surface area is 114 Å². The molecule has 1 aromatic rings. The highest BCUT2D eigenvalue weighted by atomic mass is 19.1. The van der Waals surface area contributed by atoms with Crippen LogP contribution in [0.25, 0.3) is 0 Å². The first-order valence-electron chi connectivity index (χ1n) is 5.71. The molecule has 0 bridgehead atoms. The second kappa shape index (κ2) is 6.65. The first kappa shape index (κ1) is 15.6. The monoisotopic (exact) mass is 284 g/mol. The van der Waals surface area contributed by atoms with Crippen LogP contribution >= 0.6 is 0 Å². The van der Waals surface area contributed by atoms with Crippen LogP contribution in [-0.2, 0) is 0 Å². The molecule has 0 unspecified atom stereocenters. The molecule has 7 heteroatoms. The number of anilines is 1. The number of hydrogen-bond acceptors (Lipinski definition) is 2. The molecule has 5 nitrogen and oxygen atoms in total. The summed E-state index contributed by atoms with van der Waals surface area (Å²) in [7, 11) is 0. The smallest absolute Gasteiger partial charge is 0.338 e. The van der Waals surface area contributed by atoms with Gasteiger partial charge in [0.1, 0.15) is 11.6 Å². The van der Waals surface area contributed by atoms with Crippen molar-refractivity contribution in [3.63, 3.8) is 0 Å². The van der Waals surface area contributed by atoms with Crippen LogP contribution in [0.1, 0.15) is 24.2 Å². The molecular formula is C13H14F2N2O3. The van der Waals surface area contributed by atoms with Gasteiger partial charge in [0.25, 0.3) is 0 Å². The first-order chi connectivity index (χ1) is 9.31. The van der Waals surface area contributed by atoms with Gasteiger partial charge in [-0.05, 0) is 19.9 Å². The third-order valence-corrected chi connectivity index (χ3v) is 2.31. The molecule has 0 aliphatic rings. The van der Waals surface area contributed by atoms with Crippen LogP contribution in [0.5, 0.6) is 0 Å². The Morgan fingerprint density at radius 3 is 2.45 bits per heavy atom. The first-order valence-corrected chi connectivity index (χ1v) is 5.71. The molecule has 0 aromatic heterocycles. The van der Waals surface area contributed by atoms with E-state index in [0.29, 0.717) is 6.07 Å². The summed E-state index contributed by atoms with van der Waals surface area (Å²) in [4.78, 5) is 22.2. The van der Waals surface area contributed by atoms with Crippen molar-refractivity contribution < 1.29 is 23.5 Å². The van der Waals surface area contributed by atoms with Gasteiger partial charge >= 0.3 is 12.0 Å². The highest BCUT2D eigenvalue weighted by molar-refractivity contribution is 5.93. The van der Waals surface area contributed by atoms with Gasteiger partial charge in [-0.2, -0.15) is 0 Å². The maximum atomic E-state index is 13.4. The lowest BCUT2D eigenvalue weighted by molar-refractivity contribution is 0.0692. The van der Waals surface area contributed by atoms with Crippen LogP contribution in [0.4, 0.5) is 19.3 Å². The number of urea groups is 1. The number of allylic oxidation sites excluding steroid dienone is 1. The largest absolute Gasteiger partial charge is 0.478 e. The Bertz CT molecular complexity index is 567. The fraction of sp³-hybridized carbons (Fsp3) is 0.231. The summed E-state index contributed by atoms with van der Waals surface area (Å²) in [5, 5.41) is 13.3. The van der Waals surface area contributed by atoms with E-state index in [0.717, 1.165) is 11.6 Å². The van der Waals surface area contributed by atoms with E-state index in [1.54, 1.807) is 6.08 Å². The molecule has 1 aromatic carbocycles. The van der Waals surface area contributed by atoms with E-state index in [-0.39, 0.29) is 6.54 Å². The van der Waals surface area contributed by atoms with Crippen LogP contribution in [0.3, 0.4) is 0 Å². The number of halogens is 2. The topological polar surface area (TPSA) is 78.4 Å². The Balaban J connectivity index is 2.82. The molecule has 1 rings (SSSR count). The molecule has 3 N–H and O–H groups in total. The number of carbonyl (C=O) groups is 2. The normalized spacial score (nSPS) is 9.80. The molecule has 0 saturated carbocycles. The summed E-state index contributed by atoms with van der Waals surface area (Å²) in [5.74, 6) is -3.80. The minimum atomic E-state index is -1.55. The van der Waals surface area contributed by atoms with Gasteiger partial charge < -0.3 is 15.7 Å². The second-order valence-electron chi connectivity index (χ2n) is 4.23. The zero-order chi connectivity index (χ0) is 15.3. The van der Waals surface area contributed by atoms with E-state index in [4.69, 9.17) is 5.11 Å². The third kappa shape index (κ3) is 4.34. The SMILES string of the molecule is CC(C)=CCNC(=O)Nc1cc(C(=O)O)c(F)cc1F. The van der Waals surface area contributed by atoms with E-state index in [2.05, 4.69) is 10.6 Å². The predicted molar refractivity (Wildman–Crippen MR) is 69.8 cm³/mol. The standard InChI is InChI=1S/C13H14F2N2O3/c1-7(2)3-4-16-13(20)17-11-5-8(12(18)19)9(14)6-10(11)15/h3,5-6H,4H2,1-2H3,(H,18,19)(H2,16,17,20). The molecule has 2 amide bonds. The molecule has 0 spiro atoms. The minimum absolute atomic E-state index is 0.239. The summed E-state index contributed by atoms with van der Waals surface area (Å²) in [5.41, 5.74) is -0.129. The van der Waals surface area contributed by atoms with Gasteiger partial charge in [-0.15, -0.1) is 0 Å². The lowest BCUT2D eigenvalue weighted by Crippen LogP contribution is -2.29. The van der Waals surface area contributed by atoms with Crippen molar-refractivity contribution in [3.05, 3.63) is 41.0 Å². The third-order valence-electron chi connectivity index (χ3n) is 2.31. The molecule has 0 atom stereocenters. The quantitative estimate of drug-likeness (QED) is 0.744. The number of benzene rings is 1. The number of carbonyl (C=O) groups excluding carboxylic acids is 1. The number of carboxylic acid groups (broad SMARTS) is 1. The van der Waals surface area contributed by atoms with Crippen molar-refractivity contribution >= 4 is 17.7 Å². The lowest BCUT2D eigenvalue weighted by Gasteiger charge is -2.08. The van der Waals surface area contributed by atoms with Crippen LogP contribution in [0, 0.1) is 11.6 Å². The number of carboxylic acids is 1. The van der Waals surface area contributed by atoms with Gasteiger partial charge in [-0.25, -0.2) is 18.4 Å². The van der Waals surface area contributed by atoms with Gasteiger partial charge in [-0.1, -0.05) is 11.6 Å². The van der Waals surface area contributed by atoms with Gasteiger partial charge in [0, 0.05) is 12.6 Å². The van der Waals surface area contributed by atoms with Gasteiger partial charge in [0.15, 0.2) is 0 Å². The number of hydrogen-bond donors (Lipinski definition) is 3. The molecular weight excluding hydrogens is 270 g/mol. The Hall–Kier alpha value is -2.44. The van der Waals surface area contributed by atoms with Crippen molar-refractivity contribution in [2.24, 2.45) is 0 Å². The molecule has 0 heterocycles. The molecule has 108 valence electrons. The van der Waals surface area contributed by atoms with E-state index < -0.39 is 34.9 Å². The van der Waals surface area contributed by atoms with Crippen molar-refractivity contribution in [2.75, 3.05) is 11.9 Å². The number of aromatic carboxylic acids is 1. The fourth-order valence-corrected chi connectivity index (χ4v) is 1.32. The maximum absolute atomic E-state index is 13.4.